The molecule has 4 aliphatic carbocycles. The van der Waals surface area contributed by atoms with Gasteiger partial charge in [-0.15, -0.1) is 0 Å². The van der Waals surface area contributed by atoms with Gasteiger partial charge in [-0.2, -0.15) is 0 Å². The van der Waals surface area contributed by atoms with E-state index in [-0.39, 0.29) is 55.8 Å². The quantitative estimate of drug-likeness (QED) is 0.124. The van der Waals surface area contributed by atoms with Crippen LogP contribution in [0.1, 0.15) is 79.6 Å². The second-order valence-corrected chi connectivity index (χ2v) is 18.7. The molecule has 0 amide bonds. The SMILES string of the molecule is CO[C@H]1[C@H](O[C@H]2[C@H](OCC(CC[C@@H](C)[C@H]3[C@@H](O)[C@@H](O)C4[C@]5(O)C[C@H](O)C6[C@@H](O)[C@@H](O)CC[C@]6(C)C5CC[C@@]43C)C(C)C)OC[C@@H](O)[C@@H]2O)OC[C@@H](O)[C@@H]1O. The number of methoxy groups -OCH3 is 1. The average molecular weight is 777 g/mol. The van der Waals surface area contributed by atoms with Crippen molar-refractivity contribution in [3.8, 4) is 0 Å². The zero-order valence-electron chi connectivity index (χ0n) is 32.6. The first-order valence-electron chi connectivity index (χ1n) is 20.2. The van der Waals surface area contributed by atoms with Crippen LogP contribution >= 0.6 is 0 Å². The van der Waals surface area contributed by atoms with Crippen molar-refractivity contribution in [3.05, 3.63) is 0 Å². The molecule has 4 unspecified atom stereocenters. The summed E-state index contributed by atoms with van der Waals surface area (Å²) in [4.78, 5) is 0. The summed E-state index contributed by atoms with van der Waals surface area (Å²) in [6, 6.07) is 0. The van der Waals surface area contributed by atoms with Gasteiger partial charge in [-0.1, -0.05) is 34.6 Å². The standard InChI is InChI=1S/C39H68O15/c1-17(2)19(14-51-35-33(29(46)23(43)15-52-35)54-36-32(50-6)28(45)22(42)16-53-36)8-7-18(3)25-30(47)31(48)34-38(25,5)12-10-24-37(4)11-9-20(40)27(44)26(37)21(41)13-39(24,34)49/h17-36,40-49H,7-16H2,1-6H3/t18-,19?,20+,21+,22-,23-,24?,25+,26?,27+,28+,29+,30-,31-,32-,33-,34?,35-,36+,37-,38-,39+/m1/s1. The highest BCUT2D eigenvalue weighted by Crippen LogP contribution is 2.70. The van der Waals surface area contributed by atoms with Gasteiger partial charge < -0.3 is 74.7 Å². The molecule has 0 aromatic heterocycles. The summed E-state index contributed by atoms with van der Waals surface area (Å²) in [7, 11) is 1.33. The predicted molar refractivity (Wildman–Crippen MR) is 190 cm³/mol. The third-order valence-corrected chi connectivity index (χ3v) is 15.3. The summed E-state index contributed by atoms with van der Waals surface area (Å²) in [6.07, 6.45) is -11.6. The molecule has 6 aliphatic rings. The Labute approximate surface area is 318 Å². The van der Waals surface area contributed by atoms with Crippen LogP contribution in [0.25, 0.3) is 0 Å². The molecule has 0 aromatic carbocycles. The lowest BCUT2D eigenvalue weighted by Gasteiger charge is -2.66. The van der Waals surface area contributed by atoms with E-state index < -0.39 is 108 Å². The van der Waals surface area contributed by atoms with Crippen LogP contribution in [0.5, 0.6) is 0 Å². The number of fused-ring (bicyclic) bond motifs is 5. The van der Waals surface area contributed by atoms with Gasteiger partial charge >= 0.3 is 0 Å². The van der Waals surface area contributed by atoms with Crippen LogP contribution in [0, 0.1) is 52.3 Å². The summed E-state index contributed by atoms with van der Waals surface area (Å²) in [5, 5.41) is 111. The molecule has 54 heavy (non-hydrogen) atoms. The van der Waals surface area contributed by atoms with Gasteiger partial charge in [0.1, 0.15) is 36.6 Å². The van der Waals surface area contributed by atoms with Gasteiger partial charge in [0.2, 0.25) is 0 Å². The molecule has 0 bridgehead atoms. The maximum Gasteiger partial charge on any atom is 0.187 e. The number of hydrogen-bond donors (Lipinski definition) is 10. The summed E-state index contributed by atoms with van der Waals surface area (Å²) < 4.78 is 28.9. The smallest absolute Gasteiger partial charge is 0.187 e. The normalized spacial score (nSPS) is 53.4. The molecular formula is C39H68O15. The van der Waals surface area contributed by atoms with E-state index in [0.29, 0.717) is 38.5 Å². The van der Waals surface area contributed by atoms with Crippen molar-refractivity contribution in [2.75, 3.05) is 26.9 Å². The highest BCUT2D eigenvalue weighted by atomic mass is 16.8. The number of aliphatic hydroxyl groups excluding tert-OH is 9. The number of hydrogen-bond acceptors (Lipinski definition) is 15. The molecule has 2 aliphatic heterocycles. The molecule has 0 aromatic rings. The minimum Gasteiger partial charge on any atom is -0.393 e. The molecule has 10 N–H and O–H groups in total. The van der Waals surface area contributed by atoms with Crippen LogP contribution in [0.15, 0.2) is 0 Å². The van der Waals surface area contributed by atoms with E-state index in [1.54, 1.807) is 0 Å². The highest BCUT2D eigenvalue weighted by molar-refractivity contribution is 5.22. The zero-order valence-corrected chi connectivity index (χ0v) is 32.6. The molecular weight excluding hydrogens is 708 g/mol. The lowest BCUT2D eigenvalue weighted by atomic mass is 9.41. The zero-order chi connectivity index (χ0) is 39.7. The summed E-state index contributed by atoms with van der Waals surface area (Å²) in [6.45, 7) is 10.1. The summed E-state index contributed by atoms with van der Waals surface area (Å²) in [5.74, 6) is -1.86. The Morgan fingerprint density at radius 1 is 0.685 bits per heavy atom. The van der Waals surface area contributed by atoms with E-state index in [1.807, 2.05) is 6.92 Å². The third kappa shape index (κ3) is 7.23. The number of aliphatic hydroxyl groups is 10. The van der Waals surface area contributed by atoms with Crippen molar-refractivity contribution < 1.29 is 74.7 Å². The van der Waals surface area contributed by atoms with E-state index in [2.05, 4.69) is 27.7 Å². The average Bonchev–Trinajstić information content (AvgIpc) is 3.31. The van der Waals surface area contributed by atoms with E-state index in [1.165, 1.54) is 7.11 Å². The van der Waals surface area contributed by atoms with Crippen LogP contribution in [0.4, 0.5) is 0 Å². The minimum absolute atomic E-state index is 0.000707. The van der Waals surface area contributed by atoms with E-state index >= 15 is 0 Å². The van der Waals surface area contributed by atoms with E-state index in [4.69, 9.17) is 23.7 Å². The number of rotatable bonds is 11. The molecule has 2 saturated heterocycles. The molecule has 0 radical (unpaired) electrons. The van der Waals surface area contributed by atoms with Gasteiger partial charge in [0.05, 0.1) is 55.9 Å². The topological polar surface area (TPSA) is 248 Å². The Balaban J connectivity index is 1.12. The maximum atomic E-state index is 12.7. The fourth-order valence-electron chi connectivity index (χ4n) is 12.5. The molecule has 15 nitrogen and oxygen atoms in total. The van der Waals surface area contributed by atoms with Gasteiger partial charge in [0.15, 0.2) is 12.6 Å². The number of ether oxygens (including phenoxy) is 5. The Bertz CT molecular complexity index is 1260. The molecule has 6 fully saturated rings. The van der Waals surface area contributed by atoms with Crippen molar-refractivity contribution in [1.29, 1.82) is 0 Å². The second kappa shape index (κ2) is 16.2. The van der Waals surface area contributed by atoms with Crippen molar-refractivity contribution >= 4 is 0 Å². The third-order valence-electron chi connectivity index (χ3n) is 15.3. The molecule has 4 saturated carbocycles. The Morgan fingerprint density at radius 2 is 1.30 bits per heavy atom. The molecule has 2 heterocycles. The Hall–Kier alpha value is -0.600. The second-order valence-electron chi connectivity index (χ2n) is 18.7. The fourth-order valence-corrected chi connectivity index (χ4v) is 12.5. The van der Waals surface area contributed by atoms with Crippen molar-refractivity contribution in [2.45, 2.75) is 165 Å². The fraction of sp³-hybridized carbons (Fsp3) is 1.00. The first-order chi connectivity index (χ1) is 25.3. The first kappa shape index (κ1) is 43.0. The maximum absolute atomic E-state index is 12.7. The van der Waals surface area contributed by atoms with Crippen molar-refractivity contribution in [1.82, 2.24) is 0 Å². The summed E-state index contributed by atoms with van der Waals surface area (Å²) in [5.41, 5.74) is -2.75. The van der Waals surface area contributed by atoms with Crippen LogP contribution in [-0.2, 0) is 23.7 Å². The van der Waals surface area contributed by atoms with Gasteiger partial charge in [0, 0.05) is 25.4 Å². The van der Waals surface area contributed by atoms with Gasteiger partial charge in [-0.3, -0.25) is 0 Å². The largest absolute Gasteiger partial charge is 0.393 e. The summed E-state index contributed by atoms with van der Waals surface area (Å²) >= 11 is 0. The van der Waals surface area contributed by atoms with Crippen LogP contribution in [0.2, 0.25) is 0 Å². The first-order valence-corrected chi connectivity index (χ1v) is 20.2. The highest BCUT2D eigenvalue weighted by Gasteiger charge is 2.73. The van der Waals surface area contributed by atoms with E-state index in [0.717, 1.165) is 0 Å². The van der Waals surface area contributed by atoms with Crippen molar-refractivity contribution in [2.24, 2.45) is 52.3 Å². The molecule has 22 atom stereocenters. The van der Waals surface area contributed by atoms with Gasteiger partial charge in [-0.05, 0) is 78.9 Å². The molecule has 6 rings (SSSR count). The molecule has 15 heteroatoms. The van der Waals surface area contributed by atoms with Gasteiger partial charge in [0.25, 0.3) is 0 Å². The van der Waals surface area contributed by atoms with Crippen LogP contribution in [0.3, 0.4) is 0 Å². The predicted octanol–water partition coefficient (Wildman–Crippen LogP) is -0.734. The Kier molecular flexibility index (Phi) is 12.9. The molecule has 0 spiro atoms. The van der Waals surface area contributed by atoms with E-state index in [9.17, 15) is 51.1 Å². The lowest BCUT2D eigenvalue weighted by Crippen LogP contribution is -2.71. The van der Waals surface area contributed by atoms with Crippen LogP contribution < -0.4 is 0 Å². The Morgan fingerprint density at radius 3 is 1.93 bits per heavy atom. The minimum atomic E-state index is -1.47. The van der Waals surface area contributed by atoms with Gasteiger partial charge in [-0.25, -0.2) is 0 Å². The molecule has 314 valence electrons. The van der Waals surface area contributed by atoms with Crippen LogP contribution in [-0.4, -0.2) is 163 Å². The van der Waals surface area contributed by atoms with Crippen molar-refractivity contribution in [3.63, 3.8) is 0 Å². The lowest BCUT2D eigenvalue weighted by molar-refractivity contribution is -0.346. The monoisotopic (exact) mass is 776 g/mol.